The van der Waals surface area contributed by atoms with Crippen molar-refractivity contribution in [3.8, 4) is 0 Å². The van der Waals surface area contributed by atoms with Crippen LogP contribution in [0.3, 0.4) is 0 Å². The lowest BCUT2D eigenvalue weighted by molar-refractivity contribution is 0.191. The monoisotopic (exact) mass is 242 g/mol. The average Bonchev–Trinajstić information content (AvgIpc) is 2.25. The number of nitrogens with one attached hydrogen (secondary N) is 2. The van der Waals surface area contributed by atoms with Gasteiger partial charge in [0.1, 0.15) is 0 Å². The Morgan fingerprint density at radius 1 is 1.25 bits per heavy atom. The fourth-order valence-electron chi connectivity index (χ4n) is 1.35. The van der Waals surface area contributed by atoms with Crippen LogP contribution < -0.4 is 10.6 Å². The molecule has 3 N–H and O–H groups in total. The minimum absolute atomic E-state index is 0.288. The second kappa shape index (κ2) is 7.63. The highest BCUT2D eigenvalue weighted by Crippen LogP contribution is 2.13. The molecule has 4 heteroatoms. The molecule has 1 atom stereocenters. The van der Waals surface area contributed by atoms with E-state index >= 15 is 0 Å². The second-order valence-corrected chi connectivity index (χ2v) is 4.23. The van der Waals surface area contributed by atoms with Crippen molar-refractivity contribution in [1.29, 1.82) is 0 Å². The van der Waals surface area contributed by atoms with Gasteiger partial charge in [0.15, 0.2) is 0 Å². The van der Waals surface area contributed by atoms with Crippen molar-refractivity contribution in [3.05, 3.63) is 34.9 Å². The fraction of sp³-hybridized carbons (Fsp3) is 0.500. The molecule has 0 aliphatic heterocycles. The summed E-state index contributed by atoms with van der Waals surface area (Å²) in [7, 11) is 0. The predicted octanol–water partition coefficient (Wildman–Crippen LogP) is 1.40. The number of rotatable bonds is 7. The Bertz CT molecular complexity index is 305. The predicted molar refractivity (Wildman–Crippen MR) is 67.7 cm³/mol. The maximum absolute atomic E-state index is 9.02. The summed E-state index contributed by atoms with van der Waals surface area (Å²) >= 11 is 6.02. The first-order valence-corrected chi connectivity index (χ1v) is 5.91. The molecule has 1 aromatic rings. The number of aliphatic hydroxyl groups excluding tert-OH is 1. The zero-order chi connectivity index (χ0) is 11.8. The molecule has 0 radical (unpaired) electrons. The summed E-state index contributed by atoms with van der Waals surface area (Å²) in [6.07, 6.45) is -0.288. The maximum atomic E-state index is 9.02. The summed E-state index contributed by atoms with van der Waals surface area (Å²) in [5, 5.41) is 16.2. The smallest absolute Gasteiger partial charge is 0.0636 e. The molecule has 0 fully saturated rings. The van der Waals surface area contributed by atoms with Crippen LogP contribution in [-0.4, -0.2) is 30.8 Å². The van der Waals surface area contributed by atoms with Crippen molar-refractivity contribution < 1.29 is 5.11 Å². The van der Waals surface area contributed by atoms with Crippen molar-refractivity contribution in [2.24, 2.45) is 0 Å². The Labute approximate surface area is 102 Å². The maximum Gasteiger partial charge on any atom is 0.0636 e. The van der Waals surface area contributed by atoms with Crippen LogP contribution in [0.4, 0.5) is 0 Å². The lowest BCUT2D eigenvalue weighted by atomic mass is 10.2. The molecule has 0 aliphatic carbocycles. The fourth-order valence-corrected chi connectivity index (χ4v) is 1.56. The van der Waals surface area contributed by atoms with Gasteiger partial charge in [-0.3, -0.25) is 0 Å². The molecule has 0 aromatic heterocycles. The molecule has 90 valence electrons. The van der Waals surface area contributed by atoms with Gasteiger partial charge in [-0.05, 0) is 18.6 Å². The minimum atomic E-state index is -0.288. The Hall–Kier alpha value is -0.610. The molecule has 1 aromatic carbocycles. The third-order valence-corrected chi connectivity index (χ3v) is 2.56. The van der Waals surface area contributed by atoms with E-state index < -0.39 is 0 Å². The largest absolute Gasteiger partial charge is 0.392 e. The molecule has 0 bridgehead atoms. The van der Waals surface area contributed by atoms with Crippen LogP contribution in [-0.2, 0) is 6.54 Å². The van der Waals surface area contributed by atoms with E-state index in [1.165, 1.54) is 0 Å². The molecular formula is C12H19ClN2O. The Morgan fingerprint density at radius 3 is 2.62 bits per heavy atom. The molecule has 1 rings (SSSR count). The van der Waals surface area contributed by atoms with Crippen LogP contribution in [0.5, 0.6) is 0 Å². The van der Waals surface area contributed by atoms with Gasteiger partial charge in [0.2, 0.25) is 0 Å². The first-order valence-electron chi connectivity index (χ1n) is 5.53. The van der Waals surface area contributed by atoms with E-state index in [4.69, 9.17) is 16.7 Å². The molecule has 0 saturated heterocycles. The van der Waals surface area contributed by atoms with Crippen LogP contribution in [0.15, 0.2) is 24.3 Å². The third-order valence-electron chi connectivity index (χ3n) is 2.19. The third kappa shape index (κ3) is 5.47. The number of hydrogen-bond acceptors (Lipinski definition) is 3. The second-order valence-electron chi connectivity index (χ2n) is 3.82. The van der Waals surface area contributed by atoms with Gasteiger partial charge in [-0.25, -0.2) is 0 Å². The number of halogens is 1. The summed E-state index contributed by atoms with van der Waals surface area (Å²) in [6, 6.07) is 7.81. The van der Waals surface area contributed by atoms with Crippen molar-refractivity contribution in [2.75, 3.05) is 19.6 Å². The van der Waals surface area contributed by atoms with Gasteiger partial charge < -0.3 is 15.7 Å². The first kappa shape index (κ1) is 13.5. The van der Waals surface area contributed by atoms with Crippen LogP contribution >= 0.6 is 11.6 Å². The van der Waals surface area contributed by atoms with Crippen LogP contribution in [0, 0.1) is 0 Å². The SMILES string of the molecule is CC(O)CNCCNCc1ccccc1Cl. The number of benzene rings is 1. The summed E-state index contributed by atoms with van der Waals surface area (Å²) in [4.78, 5) is 0. The van der Waals surface area contributed by atoms with Gasteiger partial charge >= 0.3 is 0 Å². The summed E-state index contributed by atoms with van der Waals surface area (Å²) in [6.45, 7) is 4.88. The van der Waals surface area contributed by atoms with Crippen molar-refractivity contribution in [3.63, 3.8) is 0 Å². The quantitative estimate of drug-likeness (QED) is 0.634. The first-order chi connectivity index (χ1) is 7.70. The highest BCUT2D eigenvalue weighted by atomic mass is 35.5. The average molecular weight is 243 g/mol. The standard InChI is InChI=1S/C12H19ClN2O/c1-10(16)8-14-6-7-15-9-11-4-2-3-5-12(11)13/h2-5,10,14-16H,6-9H2,1H3. The molecule has 1 unspecified atom stereocenters. The van der Waals surface area contributed by atoms with E-state index in [0.29, 0.717) is 6.54 Å². The Balaban J connectivity index is 2.10. The molecule has 0 spiro atoms. The zero-order valence-corrected chi connectivity index (χ0v) is 10.3. The molecule has 0 amide bonds. The van der Waals surface area contributed by atoms with E-state index in [1.54, 1.807) is 6.92 Å². The Morgan fingerprint density at radius 2 is 1.94 bits per heavy atom. The van der Waals surface area contributed by atoms with Gasteiger partial charge in [-0.1, -0.05) is 29.8 Å². The lowest BCUT2D eigenvalue weighted by Crippen LogP contribution is -2.31. The molecule has 16 heavy (non-hydrogen) atoms. The summed E-state index contributed by atoms with van der Waals surface area (Å²) < 4.78 is 0. The van der Waals surface area contributed by atoms with E-state index in [-0.39, 0.29) is 6.10 Å². The van der Waals surface area contributed by atoms with Crippen molar-refractivity contribution in [2.45, 2.75) is 19.6 Å². The molecular weight excluding hydrogens is 224 g/mol. The lowest BCUT2D eigenvalue weighted by Gasteiger charge is -2.08. The van der Waals surface area contributed by atoms with E-state index in [1.807, 2.05) is 24.3 Å². The molecule has 0 aliphatic rings. The normalized spacial score (nSPS) is 12.7. The summed E-state index contributed by atoms with van der Waals surface area (Å²) in [5.41, 5.74) is 1.11. The number of hydrogen-bond donors (Lipinski definition) is 3. The summed E-state index contributed by atoms with van der Waals surface area (Å²) in [5.74, 6) is 0. The zero-order valence-electron chi connectivity index (χ0n) is 9.54. The van der Waals surface area contributed by atoms with E-state index in [9.17, 15) is 0 Å². The highest BCUT2D eigenvalue weighted by molar-refractivity contribution is 6.31. The Kier molecular flexibility index (Phi) is 6.42. The van der Waals surface area contributed by atoms with Gasteiger partial charge in [-0.2, -0.15) is 0 Å². The molecule has 0 saturated carbocycles. The van der Waals surface area contributed by atoms with Gasteiger partial charge in [0, 0.05) is 31.2 Å². The molecule has 3 nitrogen and oxygen atoms in total. The van der Waals surface area contributed by atoms with Crippen LogP contribution in [0.2, 0.25) is 5.02 Å². The van der Waals surface area contributed by atoms with E-state index in [0.717, 1.165) is 30.2 Å². The van der Waals surface area contributed by atoms with Crippen LogP contribution in [0.25, 0.3) is 0 Å². The van der Waals surface area contributed by atoms with Crippen LogP contribution in [0.1, 0.15) is 12.5 Å². The van der Waals surface area contributed by atoms with Crippen molar-refractivity contribution >= 4 is 11.6 Å². The van der Waals surface area contributed by atoms with Gasteiger partial charge in [0.25, 0.3) is 0 Å². The van der Waals surface area contributed by atoms with E-state index in [2.05, 4.69) is 10.6 Å². The van der Waals surface area contributed by atoms with Gasteiger partial charge in [-0.15, -0.1) is 0 Å². The van der Waals surface area contributed by atoms with Crippen molar-refractivity contribution in [1.82, 2.24) is 10.6 Å². The van der Waals surface area contributed by atoms with Gasteiger partial charge in [0.05, 0.1) is 6.10 Å². The minimum Gasteiger partial charge on any atom is -0.392 e. The molecule has 0 heterocycles. The highest BCUT2D eigenvalue weighted by Gasteiger charge is 1.97. The number of aliphatic hydroxyl groups is 1. The topological polar surface area (TPSA) is 44.3 Å².